The number of para-hydroxylation sites is 1. The first-order chi connectivity index (χ1) is 14.3. The van der Waals surface area contributed by atoms with E-state index in [1.165, 1.54) is 0 Å². The van der Waals surface area contributed by atoms with Gasteiger partial charge >= 0.3 is 0 Å². The Labute approximate surface area is 170 Å². The average Bonchev–Trinajstić information content (AvgIpc) is 3.24. The van der Waals surface area contributed by atoms with Crippen LogP contribution in [0.15, 0.2) is 78.9 Å². The molecule has 2 atom stereocenters. The van der Waals surface area contributed by atoms with Crippen LogP contribution in [0.3, 0.4) is 0 Å². The molecule has 3 aromatic rings. The number of hydrogen-bond donors (Lipinski definition) is 1. The first-order valence-electron chi connectivity index (χ1n) is 9.57. The molecular weight excluding hydrogens is 364 g/mol. The van der Waals surface area contributed by atoms with Crippen LogP contribution in [-0.4, -0.2) is 19.2 Å². The summed E-state index contributed by atoms with van der Waals surface area (Å²) in [5.41, 5.74) is 7.92. The van der Waals surface area contributed by atoms with Crippen LogP contribution in [0.4, 0.5) is 0 Å². The van der Waals surface area contributed by atoms with Gasteiger partial charge in [0, 0.05) is 11.1 Å². The quantitative estimate of drug-likeness (QED) is 0.704. The summed E-state index contributed by atoms with van der Waals surface area (Å²) in [6.45, 7) is 0. The first kappa shape index (κ1) is 17.6. The normalized spacial score (nSPS) is 20.0. The maximum Gasteiger partial charge on any atom is 0.195 e. The molecule has 1 N–H and O–H groups in total. The van der Waals surface area contributed by atoms with Crippen molar-refractivity contribution >= 4 is 5.70 Å². The van der Waals surface area contributed by atoms with Gasteiger partial charge in [-0.1, -0.05) is 30.3 Å². The number of hydrazine groups is 1. The Kier molecular flexibility index (Phi) is 4.37. The molecule has 2 heterocycles. The molecule has 0 aliphatic carbocycles. The van der Waals surface area contributed by atoms with Crippen molar-refractivity contribution < 1.29 is 14.2 Å². The number of nitrogens with one attached hydrogen (secondary N) is 1. The number of hydrogen-bond acceptors (Lipinski definition) is 5. The van der Waals surface area contributed by atoms with Crippen molar-refractivity contribution in [1.29, 1.82) is 0 Å². The molecule has 3 aromatic carbocycles. The summed E-state index contributed by atoms with van der Waals surface area (Å²) in [6, 6.07) is 24.4. The third-order valence-corrected chi connectivity index (χ3v) is 5.40. The molecule has 5 nitrogen and oxygen atoms in total. The summed E-state index contributed by atoms with van der Waals surface area (Å²) in [5.74, 6) is 2.58. The zero-order valence-corrected chi connectivity index (χ0v) is 16.3. The van der Waals surface area contributed by atoms with Crippen LogP contribution < -0.4 is 19.6 Å². The van der Waals surface area contributed by atoms with Crippen LogP contribution in [0.1, 0.15) is 29.0 Å². The number of nitrogens with zero attached hydrogens (tertiary/aromatic N) is 1. The van der Waals surface area contributed by atoms with E-state index in [0.717, 1.165) is 39.6 Å². The third-order valence-electron chi connectivity index (χ3n) is 5.40. The maximum atomic E-state index is 6.40. The monoisotopic (exact) mass is 386 g/mol. The van der Waals surface area contributed by atoms with Crippen LogP contribution in [0, 0.1) is 0 Å². The van der Waals surface area contributed by atoms with E-state index in [4.69, 9.17) is 14.2 Å². The summed E-state index contributed by atoms with van der Waals surface area (Å²) in [5, 5.41) is 2.16. The third kappa shape index (κ3) is 3.09. The van der Waals surface area contributed by atoms with Crippen LogP contribution >= 0.6 is 0 Å². The fourth-order valence-corrected chi connectivity index (χ4v) is 3.87. The molecule has 5 rings (SSSR count). The van der Waals surface area contributed by atoms with Crippen molar-refractivity contribution in [2.24, 2.45) is 0 Å². The number of fused-ring (bicyclic) bond motifs is 3. The summed E-state index contributed by atoms with van der Waals surface area (Å²) >= 11 is 0. The SMILES string of the molecule is COc1ccc(C2=C[C@@H]3c4ccccc4O[C@@H](c4ccc(OC)cc4)N3N2)cc1. The van der Waals surface area contributed by atoms with Gasteiger partial charge in [-0.05, 0) is 54.1 Å². The van der Waals surface area contributed by atoms with Gasteiger partial charge < -0.3 is 19.6 Å². The molecule has 146 valence electrons. The number of ether oxygens (including phenoxy) is 3. The predicted molar refractivity (Wildman–Crippen MR) is 111 cm³/mol. The highest BCUT2D eigenvalue weighted by Crippen LogP contribution is 2.45. The van der Waals surface area contributed by atoms with E-state index in [1.807, 2.05) is 54.6 Å². The Hall–Kier alpha value is -3.44. The van der Waals surface area contributed by atoms with Crippen LogP contribution in [-0.2, 0) is 0 Å². The second-order valence-electron chi connectivity index (χ2n) is 7.05. The molecule has 2 aliphatic heterocycles. The van der Waals surface area contributed by atoms with Crippen LogP contribution in [0.2, 0.25) is 0 Å². The molecule has 29 heavy (non-hydrogen) atoms. The lowest BCUT2D eigenvalue weighted by Gasteiger charge is -2.39. The average molecular weight is 386 g/mol. The summed E-state index contributed by atoms with van der Waals surface area (Å²) < 4.78 is 17.0. The second kappa shape index (κ2) is 7.18. The van der Waals surface area contributed by atoms with Crippen molar-refractivity contribution in [1.82, 2.24) is 10.4 Å². The van der Waals surface area contributed by atoms with Gasteiger partial charge in [0.2, 0.25) is 0 Å². The molecular formula is C24H22N2O3. The fourth-order valence-electron chi connectivity index (χ4n) is 3.87. The van der Waals surface area contributed by atoms with E-state index in [1.54, 1.807) is 14.2 Å². The van der Waals surface area contributed by atoms with Gasteiger partial charge in [0.25, 0.3) is 0 Å². The Morgan fingerprint density at radius 1 is 0.828 bits per heavy atom. The minimum atomic E-state index is -0.257. The number of rotatable bonds is 4. The van der Waals surface area contributed by atoms with Crippen LogP contribution in [0.25, 0.3) is 5.70 Å². The van der Waals surface area contributed by atoms with E-state index in [0.29, 0.717) is 0 Å². The van der Waals surface area contributed by atoms with E-state index >= 15 is 0 Å². The van der Waals surface area contributed by atoms with E-state index < -0.39 is 0 Å². The first-order valence-corrected chi connectivity index (χ1v) is 9.57. The van der Waals surface area contributed by atoms with Crippen molar-refractivity contribution in [3.63, 3.8) is 0 Å². The second-order valence-corrected chi connectivity index (χ2v) is 7.05. The molecule has 0 unspecified atom stereocenters. The lowest BCUT2D eigenvalue weighted by atomic mass is 10.0. The highest BCUT2D eigenvalue weighted by atomic mass is 16.5. The Bertz CT molecular complexity index is 1040. The van der Waals surface area contributed by atoms with Crippen molar-refractivity contribution in [2.45, 2.75) is 12.3 Å². The van der Waals surface area contributed by atoms with Crippen molar-refractivity contribution in [2.75, 3.05) is 14.2 Å². The molecule has 0 fully saturated rings. The molecule has 0 bridgehead atoms. The Balaban J connectivity index is 1.53. The summed E-state index contributed by atoms with van der Waals surface area (Å²) in [4.78, 5) is 0. The topological polar surface area (TPSA) is 43.0 Å². The van der Waals surface area contributed by atoms with E-state index in [2.05, 4.69) is 34.7 Å². The van der Waals surface area contributed by atoms with E-state index in [-0.39, 0.29) is 12.3 Å². The summed E-state index contributed by atoms with van der Waals surface area (Å²) in [7, 11) is 3.35. The highest BCUT2D eigenvalue weighted by Gasteiger charge is 2.39. The molecule has 0 aromatic heterocycles. The van der Waals surface area contributed by atoms with Crippen molar-refractivity contribution in [3.05, 3.63) is 95.6 Å². The lowest BCUT2D eigenvalue weighted by molar-refractivity contribution is -0.0326. The number of benzene rings is 3. The molecule has 5 heteroatoms. The zero-order chi connectivity index (χ0) is 19.8. The van der Waals surface area contributed by atoms with Crippen molar-refractivity contribution in [3.8, 4) is 17.2 Å². The smallest absolute Gasteiger partial charge is 0.195 e. The maximum absolute atomic E-state index is 6.40. The fraction of sp³-hybridized carbons (Fsp3) is 0.167. The molecule has 0 amide bonds. The lowest BCUT2D eigenvalue weighted by Crippen LogP contribution is -2.43. The van der Waals surface area contributed by atoms with Crippen LogP contribution in [0.5, 0.6) is 17.2 Å². The molecule has 0 saturated carbocycles. The summed E-state index contributed by atoms with van der Waals surface area (Å²) in [6.07, 6.45) is 1.99. The minimum Gasteiger partial charge on any atom is -0.497 e. The largest absolute Gasteiger partial charge is 0.497 e. The van der Waals surface area contributed by atoms with Gasteiger partial charge in [-0.25, -0.2) is 0 Å². The molecule has 2 aliphatic rings. The Morgan fingerprint density at radius 3 is 2.17 bits per heavy atom. The predicted octanol–water partition coefficient (Wildman–Crippen LogP) is 4.70. The van der Waals surface area contributed by atoms with Gasteiger partial charge in [-0.3, -0.25) is 0 Å². The molecule has 0 radical (unpaired) electrons. The van der Waals surface area contributed by atoms with E-state index in [9.17, 15) is 0 Å². The van der Waals surface area contributed by atoms with Gasteiger partial charge in [-0.15, -0.1) is 0 Å². The Morgan fingerprint density at radius 2 is 1.48 bits per heavy atom. The van der Waals surface area contributed by atoms with Gasteiger partial charge in [0.1, 0.15) is 17.2 Å². The van der Waals surface area contributed by atoms with Gasteiger partial charge in [-0.2, -0.15) is 5.01 Å². The number of methoxy groups -OCH3 is 2. The zero-order valence-electron chi connectivity index (χ0n) is 16.3. The molecule has 0 saturated heterocycles. The van der Waals surface area contributed by atoms with Gasteiger partial charge in [0.15, 0.2) is 6.23 Å². The minimum absolute atomic E-state index is 0.0733. The van der Waals surface area contributed by atoms with Gasteiger partial charge in [0.05, 0.1) is 26.0 Å². The molecule has 0 spiro atoms. The highest BCUT2D eigenvalue weighted by molar-refractivity contribution is 5.68. The standard InChI is InChI=1S/C24H22N2O3/c1-27-18-11-7-16(8-12-18)21-15-22-20-5-3-4-6-23(20)29-24(26(22)25-21)17-9-13-19(28-2)14-10-17/h3-15,22,24-25H,1-2H3/t22-,24+/m1/s1.